The summed E-state index contributed by atoms with van der Waals surface area (Å²) in [6.45, 7) is 9.81. The Kier molecular flexibility index (Phi) is 12.5. The number of esters is 1. The summed E-state index contributed by atoms with van der Waals surface area (Å²) < 4.78 is 14.7. The van der Waals surface area contributed by atoms with Crippen LogP contribution in [-0.4, -0.2) is 85.9 Å². The molecule has 0 aromatic rings. The lowest BCUT2D eigenvalue weighted by Crippen LogP contribution is -2.54. The number of nitrogens with zero attached hydrogens (tertiary/aromatic N) is 1. The molecule has 1 rings (SSSR count). The van der Waals surface area contributed by atoms with E-state index in [1.807, 2.05) is 13.8 Å². The Hall–Kier alpha value is -3.05. The monoisotopic (exact) mass is 514 g/mol. The maximum Gasteiger partial charge on any atom is 0.408 e. The van der Waals surface area contributed by atoms with Gasteiger partial charge in [0.05, 0.1) is 14.2 Å². The molecular weight excluding hydrogens is 472 g/mol. The first-order valence-electron chi connectivity index (χ1n) is 12.3. The third-order valence-corrected chi connectivity index (χ3v) is 5.92. The molecule has 3 N–H and O–H groups in total. The number of ether oxygens (including phenoxy) is 3. The van der Waals surface area contributed by atoms with E-state index in [9.17, 15) is 24.0 Å². The first-order valence-corrected chi connectivity index (χ1v) is 12.3. The van der Waals surface area contributed by atoms with Crippen LogP contribution >= 0.6 is 0 Å². The normalized spacial score (nSPS) is 18.0. The number of unbranched alkanes of at least 4 members (excludes halogenated alkanes) is 1. The molecule has 0 aromatic heterocycles. The van der Waals surface area contributed by atoms with Crippen molar-refractivity contribution >= 4 is 30.0 Å². The van der Waals surface area contributed by atoms with Crippen molar-refractivity contribution in [3.63, 3.8) is 0 Å². The number of hydrogen-bond acceptors (Lipinski definition) is 8. The van der Waals surface area contributed by atoms with E-state index >= 15 is 0 Å². The molecule has 1 aliphatic rings. The molecule has 0 saturated carbocycles. The lowest BCUT2D eigenvalue weighted by atomic mass is 9.98. The van der Waals surface area contributed by atoms with Gasteiger partial charge in [0.25, 0.3) is 0 Å². The van der Waals surface area contributed by atoms with Gasteiger partial charge in [0.15, 0.2) is 0 Å². The molecule has 1 aliphatic heterocycles. The molecular formula is C24H42N4O8. The van der Waals surface area contributed by atoms with Crippen molar-refractivity contribution in [3.05, 3.63) is 0 Å². The summed E-state index contributed by atoms with van der Waals surface area (Å²) in [4.78, 5) is 63.1. The van der Waals surface area contributed by atoms with E-state index in [1.54, 1.807) is 25.7 Å². The van der Waals surface area contributed by atoms with E-state index in [4.69, 9.17) is 9.47 Å². The summed E-state index contributed by atoms with van der Waals surface area (Å²) in [5.74, 6) is -1.43. The maximum atomic E-state index is 13.1. The molecule has 12 heteroatoms. The van der Waals surface area contributed by atoms with Gasteiger partial charge in [0.2, 0.25) is 11.8 Å². The standard InChI is InChI=1S/C24H42N4O8/c1-8-15(2)18(21(31)34-6)27-19(29)16(25-23(33)36-24(3,4)5)11-9-10-13-28-14-12-17(20(28)30)26-22(32)35-7/h15-18H,8-14H2,1-7H3,(H,25,33)(H,26,32)(H,27,29)/t15-,16-,17?,18-/m0/s1. The van der Waals surface area contributed by atoms with Crippen LogP contribution in [0.4, 0.5) is 9.59 Å². The molecule has 0 radical (unpaired) electrons. The molecule has 1 heterocycles. The number of methoxy groups -OCH3 is 2. The van der Waals surface area contributed by atoms with Gasteiger partial charge in [-0.15, -0.1) is 0 Å². The first-order chi connectivity index (χ1) is 16.8. The fourth-order valence-corrected chi connectivity index (χ4v) is 3.72. The third-order valence-electron chi connectivity index (χ3n) is 5.92. The summed E-state index contributed by atoms with van der Waals surface area (Å²) >= 11 is 0. The van der Waals surface area contributed by atoms with Crippen LogP contribution in [0.2, 0.25) is 0 Å². The lowest BCUT2D eigenvalue weighted by Gasteiger charge is -2.27. The minimum atomic E-state index is -0.945. The second-order valence-electron chi connectivity index (χ2n) is 9.89. The zero-order valence-corrected chi connectivity index (χ0v) is 22.5. The van der Waals surface area contributed by atoms with E-state index in [-0.39, 0.29) is 18.2 Å². The van der Waals surface area contributed by atoms with Crippen molar-refractivity contribution in [2.24, 2.45) is 5.92 Å². The van der Waals surface area contributed by atoms with E-state index in [2.05, 4.69) is 20.7 Å². The van der Waals surface area contributed by atoms with Crippen LogP contribution in [0.25, 0.3) is 0 Å². The molecule has 0 bridgehead atoms. The van der Waals surface area contributed by atoms with Crippen molar-refractivity contribution in [1.29, 1.82) is 0 Å². The molecule has 36 heavy (non-hydrogen) atoms. The Bertz CT molecular complexity index is 783. The number of likely N-dealkylation sites (tertiary alicyclic amines) is 1. The van der Waals surface area contributed by atoms with Gasteiger partial charge in [-0.3, -0.25) is 9.59 Å². The van der Waals surface area contributed by atoms with Crippen LogP contribution in [-0.2, 0) is 28.6 Å². The molecule has 12 nitrogen and oxygen atoms in total. The molecule has 0 aliphatic carbocycles. The zero-order valence-electron chi connectivity index (χ0n) is 22.5. The minimum Gasteiger partial charge on any atom is -0.467 e. The average Bonchev–Trinajstić information content (AvgIpc) is 3.15. The molecule has 1 unspecified atom stereocenters. The van der Waals surface area contributed by atoms with Gasteiger partial charge >= 0.3 is 18.2 Å². The summed E-state index contributed by atoms with van der Waals surface area (Å²) in [6, 6.07) is -2.41. The molecule has 4 atom stereocenters. The Morgan fingerprint density at radius 2 is 1.72 bits per heavy atom. The number of amides is 4. The topological polar surface area (TPSA) is 152 Å². The van der Waals surface area contributed by atoms with Crippen LogP contribution in [0.15, 0.2) is 0 Å². The third kappa shape index (κ3) is 10.3. The maximum absolute atomic E-state index is 13.1. The SMILES string of the molecule is CC[C@H](C)[C@H](NC(=O)[C@H](CCCCN1CCC(NC(=O)OC)C1=O)NC(=O)OC(C)(C)C)C(=O)OC. The average molecular weight is 515 g/mol. The number of hydrogen-bond donors (Lipinski definition) is 3. The summed E-state index contributed by atoms with van der Waals surface area (Å²) in [5, 5.41) is 7.82. The van der Waals surface area contributed by atoms with E-state index in [0.717, 1.165) is 0 Å². The van der Waals surface area contributed by atoms with Crippen LogP contribution in [0.3, 0.4) is 0 Å². The molecule has 4 amide bonds. The Labute approximate surface area is 213 Å². The first kappa shape index (κ1) is 31.0. The highest BCUT2D eigenvalue weighted by atomic mass is 16.6. The predicted molar refractivity (Wildman–Crippen MR) is 131 cm³/mol. The summed E-state index contributed by atoms with van der Waals surface area (Å²) in [5.41, 5.74) is -0.749. The van der Waals surface area contributed by atoms with Crippen molar-refractivity contribution in [1.82, 2.24) is 20.9 Å². The summed E-state index contributed by atoms with van der Waals surface area (Å²) in [7, 11) is 2.49. The summed E-state index contributed by atoms with van der Waals surface area (Å²) in [6.07, 6.45) is 1.09. The molecule has 206 valence electrons. The fourth-order valence-electron chi connectivity index (χ4n) is 3.72. The Morgan fingerprint density at radius 3 is 2.28 bits per heavy atom. The van der Waals surface area contributed by atoms with E-state index in [0.29, 0.717) is 38.8 Å². The van der Waals surface area contributed by atoms with Crippen molar-refractivity contribution in [2.75, 3.05) is 27.3 Å². The highest BCUT2D eigenvalue weighted by Gasteiger charge is 2.33. The van der Waals surface area contributed by atoms with E-state index < -0.39 is 47.8 Å². The zero-order chi connectivity index (χ0) is 27.5. The van der Waals surface area contributed by atoms with E-state index in [1.165, 1.54) is 14.2 Å². The number of nitrogens with one attached hydrogen (secondary N) is 3. The van der Waals surface area contributed by atoms with Crippen LogP contribution < -0.4 is 16.0 Å². The van der Waals surface area contributed by atoms with Crippen molar-refractivity contribution < 1.29 is 38.2 Å². The molecule has 1 saturated heterocycles. The van der Waals surface area contributed by atoms with Crippen molar-refractivity contribution in [3.8, 4) is 0 Å². The quantitative estimate of drug-likeness (QED) is 0.202. The van der Waals surface area contributed by atoms with Gasteiger partial charge in [-0.25, -0.2) is 14.4 Å². The van der Waals surface area contributed by atoms with Crippen LogP contribution in [0, 0.1) is 5.92 Å². The number of carbonyl (C=O) groups is 5. The highest BCUT2D eigenvalue weighted by molar-refractivity contribution is 5.90. The number of rotatable bonds is 12. The van der Waals surface area contributed by atoms with Gasteiger partial charge in [-0.1, -0.05) is 20.3 Å². The van der Waals surface area contributed by atoms with Gasteiger partial charge in [-0.2, -0.15) is 0 Å². The van der Waals surface area contributed by atoms with Gasteiger partial charge in [0.1, 0.15) is 23.7 Å². The van der Waals surface area contributed by atoms with Gasteiger partial charge in [0, 0.05) is 13.1 Å². The van der Waals surface area contributed by atoms with Crippen molar-refractivity contribution in [2.45, 2.75) is 90.4 Å². The highest BCUT2D eigenvalue weighted by Crippen LogP contribution is 2.15. The van der Waals surface area contributed by atoms with Crippen LogP contribution in [0.5, 0.6) is 0 Å². The second kappa shape index (κ2) is 14.5. The minimum absolute atomic E-state index is 0.170. The van der Waals surface area contributed by atoms with Crippen LogP contribution in [0.1, 0.15) is 66.7 Å². The number of carbonyl (C=O) groups excluding carboxylic acids is 5. The smallest absolute Gasteiger partial charge is 0.408 e. The fraction of sp³-hybridized carbons (Fsp3) is 0.792. The van der Waals surface area contributed by atoms with Gasteiger partial charge < -0.3 is 35.1 Å². The Balaban J connectivity index is 2.76. The Morgan fingerprint density at radius 1 is 1.06 bits per heavy atom. The van der Waals surface area contributed by atoms with Gasteiger partial charge in [-0.05, 0) is 52.4 Å². The molecule has 1 fully saturated rings. The largest absolute Gasteiger partial charge is 0.467 e. The molecule has 0 aromatic carbocycles. The second-order valence-corrected chi connectivity index (χ2v) is 9.89. The lowest BCUT2D eigenvalue weighted by molar-refractivity contribution is -0.146. The predicted octanol–water partition coefficient (Wildman–Crippen LogP) is 1.71. The molecule has 0 spiro atoms. The number of alkyl carbamates (subject to hydrolysis) is 2.